The number of rotatable bonds is 2. The zero-order valence-corrected chi connectivity index (χ0v) is 14.7. The molecule has 28 heavy (non-hydrogen) atoms. The van der Waals surface area contributed by atoms with E-state index in [9.17, 15) is 18.0 Å². The first-order valence-corrected chi connectivity index (χ1v) is 8.20. The van der Waals surface area contributed by atoms with Crippen LogP contribution in [0.1, 0.15) is 36.1 Å². The minimum absolute atomic E-state index is 0.0647. The van der Waals surface area contributed by atoms with Crippen molar-refractivity contribution in [1.82, 2.24) is 4.98 Å². The molecule has 1 aromatic heterocycles. The van der Waals surface area contributed by atoms with Crippen LogP contribution in [0.3, 0.4) is 0 Å². The summed E-state index contributed by atoms with van der Waals surface area (Å²) in [5.74, 6) is -0.981. The fraction of sp³-hybridized carbons (Fsp3) is 0.200. The van der Waals surface area contributed by atoms with Crippen molar-refractivity contribution in [2.45, 2.75) is 25.4 Å². The first kappa shape index (κ1) is 19.1. The van der Waals surface area contributed by atoms with E-state index in [0.29, 0.717) is 5.56 Å². The zero-order valence-electron chi connectivity index (χ0n) is 14.7. The molecular weight excluding hydrogens is 369 g/mol. The number of pyridine rings is 1. The van der Waals surface area contributed by atoms with E-state index in [4.69, 9.17) is 11.8 Å². The second-order valence-electron chi connectivity index (χ2n) is 6.20. The second-order valence-corrected chi connectivity index (χ2v) is 6.20. The summed E-state index contributed by atoms with van der Waals surface area (Å²) in [4.78, 5) is 21.4. The van der Waals surface area contributed by atoms with E-state index in [1.807, 2.05) is 6.07 Å². The van der Waals surface area contributed by atoms with Crippen LogP contribution in [0.5, 0.6) is 0 Å². The first-order chi connectivity index (χ1) is 13.3. The topological polar surface area (TPSA) is 61.4 Å². The van der Waals surface area contributed by atoms with Crippen molar-refractivity contribution in [1.29, 1.82) is 5.26 Å². The van der Waals surface area contributed by atoms with E-state index in [2.05, 4.69) is 9.83 Å². The summed E-state index contributed by atoms with van der Waals surface area (Å²) in [7, 11) is 0. The van der Waals surface area contributed by atoms with Gasteiger partial charge in [-0.3, -0.25) is 9.69 Å². The van der Waals surface area contributed by atoms with Crippen molar-refractivity contribution in [3.63, 3.8) is 0 Å². The van der Waals surface area contributed by atoms with Crippen LogP contribution in [0.25, 0.3) is 4.85 Å². The van der Waals surface area contributed by atoms with Crippen LogP contribution in [0.4, 0.5) is 18.9 Å². The number of amides is 1. The number of nitrogens with zero attached hydrogens (tertiary/aromatic N) is 4. The Kier molecular flexibility index (Phi) is 4.89. The molecule has 1 aliphatic heterocycles. The number of halogens is 3. The fourth-order valence-corrected chi connectivity index (χ4v) is 3.19. The molecule has 2 aromatic rings. The maximum Gasteiger partial charge on any atom is 0.416 e. The van der Waals surface area contributed by atoms with Gasteiger partial charge in [0.1, 0.15) is 11.8 Å². The minimum Gasteiger partial charge on any atom is -0.296 e. The lowest BCUT2D eigenvalue weighted by atomic mass is 9.88. The van der Waals surface area contributed by atoms with Crippen LogP contribution in [-0.2, 0) is 11.0 Å². The normalized spacial score (nSPS) is 17.3. The third-order valence-corrected chi connectivity index (χ3v) is 4.52. The number of aromatic nitrogens is 1. The summed E-state index contributed by atoms with van der Waals surface area (Å²) < 4.78 is 39.1. The van der Waals surface area contributed by atoms with Gasteiger partial charge in [0.05, 0.1) is 12.1 Å². The molecule has 0 aliphatic carbocycles. The number of hydrogen-bond donors (Lipinski definition) is 0. The molecular formula is C20H13F3N4O. The van der Waals surface area contributed by atoms with Crippen LogP contribution in [-0.4, -0.2) is 10.9 Å². The van der Waals surface area contributed by atoms with Crippen molar-refractivity contribution in [2.75, 3.05) is 4.90 Å². The quantitative estimate of drug-likeness (QED) is 0.711. The summed E-state index contributed by atoms with van der Waals surface area (Å²) in [6.45, 7) is 9.06. The number of allylic oxidation sites excluding steroid dienone is 2. The molecule has 140 valence electrons. The van der Waals surface area contributed by atoms with E-state index in [1.54, 1.807) is 6.07 Å². The number of anilines is 1. The number of carbonyl (C=O) groups excluding carboxylic acids is 1. The van der Waals surface area contributed by atoms with Crippen molar-refractivity contribution >= 4 is 11.6 Å². The number of alkyl halides is 3. The Morgan fingerprint density at radius 3 is 2.64 bits per heavy atom. The molecule has 2 heterocycles. The van der Waals surface area contributed by atoms with Crippen molar-refractivity contribution < 1.29 is 18.0 Å². The average Bonchev–Trinajstić information content (AvgIpc) is 2.67. The van der Waals surface area contributed by atoms with Crippen molar-refractivity contribution in [2.24, 2.45) is 0 Å². The Hall–Kier alpha value is -3.65. The first-order valence-electron chi connectivity index (χ1n) is 8.20. The van der Waals surface area contributed by atoms with Gasteiger partial charge in [-0.05, 0) is 36.8 Å². The second kappa shape index (κ2) is 7.16. The summed E-state index contributed by atoms with van der Waals surface area (Å²) in [5, 5.41) is 8.85. The van der Waals surface area contributed by atoms with Gasteiger partial charge in [-0.1, -0.05) is 12.1 Å². The third-order valence-electron chi connectivity index (χ3n) is 4.52. The summed E-state index contributed by atoms with van der Waals surface area (Å²) in [6.07, 6.45) is -3.18. The predicted molar refractivity (Wildman–Crippen MR) is 94.5 cm³/mol. The van der Waals surface area contributed by atoms with E-state index >= 15 is 0 Å². The van der Waals surface area contributed by atoms with Gasteiger partial charge in [-0.25, -0.2) is 9.83 Å². The largest absolute Gasteiger partial charge is 0.416 e. The molecule has 1 atom stereocenters. The molecule has 8 heteroatoms. The Bertz CT molecular complexity index is 1040. The SMILES string of the molecule is [C-]#[N+]C1=C(C)N(c2cccc(C(F)(F)F)c2)C(=O)CC1c1ccc(C#N)nc1. The lowest BCUT2D eigenvalue weighted by Crippen LogP contribution is -2.36. The highest BCUT2D eigenvalue weighted by Crippen LogP contribution is 2.40. The van der Waals surface area contributed by atoms with E-state index in [-0.39, 0.29) is 29.2 Å². The zero-order chi connectivity index (χ0) is 20.5. The molecule has 0 N–H and O–H groups in total. The van der Waals surface area contributed by atoms with Gasteiger partial charge in [0, 0.05) is 29.9 Å². The average molecular weight is 382 g/mol. The smallest absolute Gasteiger partial charge is 0.296 e. The number of nitriles is 1. The van der Waals surface area contributed by atoms with Crippen LogP contribution < -0.4 is 4.90 Å². The van der Waals surface area contributed by atoms with Gasteiger partial charge in [0.15, 0.2) is 5.70 Å². The Balaban J connectivity index is 2.06. The summed E-state index contributed by atoms with van der Waals surface area (Å²) >= 11 is 0. The van der Waals surface area contributed by atoms with Gasteiger partial charge >= 0.3 is 6.18 Å². The fourth-order valence-electron chi connectivity index (χ4n) is 3.19. The van der Waals surface area contributed by atoms with Crippen LogP contribution in [0.2, 0.25) is 0 Å². The van der Waals surface area contributed by atoms with Crippen molar-refractivity contribution in [3.05, 3.63) is 82.2 Å². The molecule has 0 radical (unpaired) electrons. The number of benzene rings is 1. The highest BCUT2D eigenvalue weighted by molar-refractivity contribution is 5.99. The van der Waals surface area contributed by atoms with E-state index in [0.717, 1.165) is 17.0 Å². The van der Waals surface area contributed by atoms with Crippen LogP contribution in [0, 0.1) is 17.9 Å². The third kappa shape index (κ3) is 3.45. The number of carbonyl (C=O) groups is 1. The molecule has 1 aliphatic rings. The Morgan fingerprint density at radius 2 is 2.07 bits per heavy atom. The number of hydrogen-bond acceptors (Lipinski definition) is 3. The minimum atomic E-state index is -4.54. The van der Waals surface area contributed by atoms with Gasteiger partial charge in [0.25, 0.3) is 0 Å². The molecule has 1 aromatic carbocycles. The Morgan fingerprint density at radius 1 is 1.32 bits per heavy atom. The molecule has 0 bridgehead atoms. The predicted octanol–water partition coefficient (Wildman–Crippen LogP) is 4.64. The lowest BCUT2D eigenvalue weighted by Gasteiger charge is -2.33. The molecule has 1 amide bonds. The lowest BCUT2D eigenvalue weighted by molar-refractivity contribution is -0.137. The Labute approximate surface area is 159 Å². The highest BCUT2D eigenvalue weighted by atomic mass is 19.4. The molecule has 1 unspecified atom stereocenters. The maximum absolute atomic E-state index is 13.0. The molecule has 5 nitrogen and oxygen atoms in total. The molecule has 0 saturated heterocycles. The van der Waals surface area contributed by atoms with Gasteiger partial charge in [-0.15, -0.1) is 0 Å². The molecule has 0 saturated carbocycles. The van der Waals surface area contributed by atoms with E-state index in [1.165, 1.54) is 31.3 Å². The van der Waals surface area contributed by atoms with Crippen LogP contribution >= 0.6 is 0 Å². The molecule has 3 rings (SSSR count). The summed E-state index contributed by atoms with van der Waals surface area (Å²) in [6, 6.07) is 9.48. The van der Waals surface area contributed by atoms with Gasteiger partial charge in [-0.2, -0.15) is 18.4 Å². The summed E-state index contributed by atoms with van der Waals surface area (Å²) in [5.41, 5.74) is 0.537. The van der Waals surface area contributed by atoms with Gasteiger partial charge in [0.2, 0.25) is 5.91 Å². The van der Waals surface area contributed by atoms with E-state index < -0.39 is 23.6 Å². The van der Waals surface area contributed by atoms with Crippen molar-refractivity contribution in [3.8, 4) is 6.07 Å². The maximum atomic E-state index is 13.0. The van der Waals surface area contributed by atoms with Gasteiger partial charge < -0.3 is 0 Å². The molecule has 0 fully saturated rings. The standard InChI is InChI=1S/C20H13F3N4O/c1-12-19(25-2)17(13-6-7-15(10-24)26-11-13)9-18(28)27(12)16-5-3-4-14(8-16)20(21,22)23/h3-8,11,17H,9H2,1H3. The molecule has 0 spiro atoms. The van der Waals surface area contributed by atoms with Crippen LogP contribution in [0.15, 0.2) is 54.0 Å². The highest BCUT2D eigenvalue weighted by Gasteiger charge is 2.36. The monoisotopic (exact) mass is 382 g/mol.